The second-order valence-corrected chi connectivity index (χ2v) is 4.70. The summed E-state index contributed by atoms with van der Waals surface area (Å²) < 4.78 is 10.6. The summed E-state index contributed by atoms with van der Waals surface area (Å²) in [5.74, 6) is 1.21. The van der Waals surface area contributed by atoms with Crippen molar-refractivity contribution in [1.82, 2.24) is 0 Å². The minimum absolute atomic E-state index is 0.504. The first-order valence-corrected chi connectivity index (χ1v) is 6.66. The minimum Gasteiger partial charge on any atom is -0.493 e. The molecule has 2 rings (SSSR count). The van der Waals surface area contributed by atoms with Crippen molar-refractivity contribution in [2.75, 3.05) is 14.2 Å². The van der Waals surface area contributed by atoms with Gasteiger partial charge in [0, 0.05) is 10.6 Å². The van der Waals surface area contributed by atoms with E-state index in [9.17, 15) is 5.26 Å². The Morgan fingerprint density at radius 1 is 1.14 bits per heavy atom. The number of hydrogen-bond donors (Lipinski definition) is 0. The van der Waals surface area contributed by atoms with Crippen molar-refractivity contribution in [2.24, 2.45) is 0 Å². The highest BCUT2D eigenvalue weighted by Gasteiger charge is 2.09. The Kier molecular flexibility index (Phi) is 4.86. The van der Waals surface area contributed by atoms with Crippen molar-refractivity contribution in [2.45, 2.75) is 0 Å². The molecule has 0 unspecified atom stereocenters. The fourth-order valence-corrected chi connectivity index (χ4v) is 2.21. The number of nitriles is 1. The summed E-state index contributed by atoms with van der Waals surface area (Å²) in [5.41, 5.74) is 2.03. The molecule has 0 N–H and O–H groups in total. The van der Waals surface area contributed by atoms with Crippen LogP contribution >= 0.6 is 11.6 Å². The second-order valence-electron chi connectivity index (χ2n) is 4.26. The highest BCUT2D eigenvalue weighted by molar-refractivity contribution is 6.30. The van der Waals surface area contributed by atoms with E-state index >= 15 is 0 Å². The third-order valence-electron chi connectivity index (χ3n) is 2.99. The topological polar surface area (TPSA) is 42.2 Å². The zero-order valence-corrected chi connectivity index (χ0v) is 12.5. The predicted octanol–water partition coefficient (Wildman–Crippen LogP) is 4.42. The lowest BCUT2D eigenvalue weighted by Gasteiger charge is -2.10. The number of allylic oxidation sites excluding steroid dienone is 1. The molecule has 21 heavy (non-hydrogen) atoms. The van der Waals surface area contributed by atoms with Crippen LogP contribution in [0.5, 0.6) is 11.5 Å². The van der Waals surface area contributed by atoms with Crippen LogP contribution in [0.2, 0.25) is 5.02 Å². The molecule has 0 heterocycles. The molecule has 2 aromatic rings. The van der Waals surface area contributed by atoms with E-state index in [1.54, 1.807) is 32.4 Å². The molecule has 2 aromatic carbocycles. The Morgan fingerprint density at radius 2 is 1.90 bits per heavy atom. The van der Waals surface area contributed by atoms with Crippen LogP contribution in [0.3, 0.4) is 0 Å². The van der Waals surface area contributed by atoms with Gasteiger partial charge in [0.25, 0.3) is 0 Å². The largest absolute Gasteiger partial charge is 0.493 e. The lowest BCUT2D eigenvalue weighted by Crippen LogP contribution is -1.93. The van der Waals surface area contributed by atoms with Crippen molar-refractivity contribution in [1.29, 1.82) is 5.26 Å². The van der Waals surface area contributed by atoms with Gasteiger partial charge < -0.3 is 9.47 Å². The highest BCUT2D eigenvalue weighted by atomic mass is 35.5. The van der Waals surface area contributed by atoms with E-state index in [0.29, 0.717) is 22.1 Å². The Bertz CT molecular complexity index is 717. The monoisotopic (exact) mass is 299 g/mol. The van der Waals surface area contributed by atoms with E-state index in [1.807, 2.05) is 30.3 Å². The number of ether oxygens (including phenoxy) is 2. The third kappa shape index (κ3) is 3.36. The molecule has 0 aliphatic carbocycles. The first-order chi connectivity index (χ1) is 10.2. The van der Waals surface area contributed by atoms with Gasteiger partial charge in [0.05, 0.1) is 25.9 Å². The molecule has 4 heteroatoms. The summed E-state index contributed by atoms with van der Waals surface area (Å²) in [6.07, 6.45) is 1.76. The zero-order chi connectivity index (χ0) is 15.2. The van der Waals surface area contributed by atoms with E-state index in [2.05, 4.69) is 6.07 Å². The van der Waals surface area contributed by atoms with Gasteiger partial charge in [-0.25, -0.2) is 0 Å². The molecule has 0 bridgehead atoms. The van der Waals surface area contributed by atoms with Gasteiger partial charge in [-0.3, -0.25) is 0 Å². The minimum atomic E-state index is 0.504. The molecular formula is C17H14ClNO2. The van der Waals surface area contributed by atoms with E-state index in [1.165, 1.54) is 0 Å². The van der Waals surface area contributed by atoms with E-state index in [0.717, 1.165) is 11.1 Å². The fraction of sp³-hybridized carbons (Fsp3) is 0.118. The lowest BCUT2D eigenvalue weighted by atomic mass is 10.0. The molecule has 0 fully saturated rings. The van der Waals surface area contributed by atoms with Crippen LogP contribution < -0.4 is 9.47 Å². The van der Waals surface area contributed by atoms with Gasteiger partial charge in [-0.05, 0) is 29.8 Å². The van der Waals surface area contributed by atoms with Gasteiger partial charge in [0.2, 0.25) is 0 Å². The van der Waals surface area contributed by atoms with E-state index in [-0.39, 0.29) is 0 Å². The highest BCUT2D eigenvalue weighted by Crippen LogP contribution is 2.33. The number of methoxy groups -OCH3 is 2. The standard InChI is InChI=1S/C17H14ClNO2/c1-20-16-8-4-6-13(17(16)21-2)9-14(11-19)12-5-3-7-15(18)10-12/h3-10H,1-2H3/b14-9-. The molecule has 0 aromatic heterocycles. The summed E-state index contributed by atoms with van der Waals surface area (Å²) in [4.78, 5) is 0. The van der Waals surface area contributed by atoms with Gasteiger partial charge in [0.15, 0.2) is 11.5 Å². The van der Waals surface area contributed by atoms with Crippen LogP contribution in [-0.2, 0) is 0 Å². The Morgan fingerprint density at radius 3 is 2.52 bits per heavy atom. The summed E-state index contributed by atoms with van der Waals surface area (Å²) in [5, 5.41) is 9.98. The molecule has 0 spiro atoms. The summed E-state index contributed by atoms with van der Waals surface area (Å²) in [6, 6.07) is 14.9. The normalized spacial score (nSPS) is 10.9. The maximum Gasteiger partial charge on any atom is 0.167 e. The second kappa shape index (κ2) is 6.83. The van der Waals surface area contributed by atoms with Crippen molar-refractivity contribution in [3.63, 3.8) is 0 Å². The van der Waals surface area contributed by atoms with Crippen LogP contribution in [0, 0.1) is 11.3 Å². The lowest BCUT2D eigenvalue weighted by molar-refractivity contribution is 0.354. The molecule has 0 aliphatic heterocycles. The molecule has 3 nitrogen and oxygen atoms in total. The number of halogens is 1. The Labute approximate surface area is 129 Å². The smallest absolute Gasteiger partial charge is 0.167 e. The van der Waals surface area contributed by atoms with Crippen LogP contribution in [0.15, 0.2) is 42.5 Å². The maximum atomic E-state index is 9.39. The van der Waals surface area contributed by atoms with Gasteiger partial charge >= 0.3 is 0 Å². The molecule has 0 aliphatic rings. The molecule has 0 radical (unpaired) electrons. The zero-order valence-electron chi connectivity index (χ0n) is 11.8. The Balaban J connectivity index is 2.53. The molecular weight excluding hydrogens is 286 g/mol. The molecule has 0 saturated carbocycles. The summed E-state index contributed by atoms with van der Waals surface area (Å²) in [6.45, 7) is 0. The van der Waals surface area contributed by atoms with Gasteiger partial charge in [0.1, 0.15) is 0 Å². The predicted molar refractivity (Wildman–Crippen MR) is 84.5 cm³/mol. The van der Waals surface area contributed by atoms with Crippen LogP contribution in [-0.4, -0.2) is 14.2 Å². The van der Waals surface area contributed by atoms with Crippen LogP contribution in [0.25, 0.3) is 11.6 Å². The third-order valence-corrected chi connectivity index (χ3v) is 3.22. The number of hydrogen-bond acceptors (Lipinski definition) is 3. The van der Waals surface area contributed by atoms with Gasteiger partial charge in [-0.15, -0.1) is 0 Å². The first-order valence-electron chi connectivity index (χ1n) is 6.28. The number of rotatable bonds is 4. The SMILES string of the molecule is COc1cccc(/C=C(/C#N)c2cccc(Cl)c2)c1OC. The van der Waals surface area contributed by atoms with E-state index in [4.69, 9.17) is 21.1 Å². The number of para-hydroxylation sites is 1. The van der Waals surface area contributed by atoms with Crippen molar-refractivity contribution in [3.8, 4) is 17.6 Å². The average molecular weight is 300 g/mol. The molecule has 0 amide bonds. The fourth-order valence-electron chi connectivity index (χ4n) is 2.02. The van der Waals surface area contributed by atoms with Crippen LogP contribution in [0.1, 0.15) is 11.1 Å². The van der Waals surface area contributed by atoms with E-state index < -0.39 is 0 Å². The van der Waals surface area contributed by atoms with Crippen molar-refractivity contribution < 1.29 is 9.47 Å². The summed E-state index contributed by atoms with van der Waals surface area (Å²) in [7, 11) is 3.15. The van der Waals surface area contributed by atoms with Gasteiger partial charge in [-0.1, -0.05) is 35.9 Å². The quantitative estimate of drug-likeness (QED) is 0.620. The molecule has 0 atom stereocenters. The number of benzene rings is 2. The Hall–Kier alpha value is -2.44. The molecule has 106 valence electrons. The van der Waals surface area contributed by atoms with Crippen molar-refractivity contribution in [3.05, 3.63) is 58.6 Å². The van der Waals surface area contributed by atoms with Crippen molar-refractivity contribution >= 4 is 23.3 Å². The maximum absolute atomic E-state index is 9.39. The van der Waals surface area contributed by atoms with Crippen LogP contribution in [0.4, 0.5) is 0 Å². The van der Waals surface area contributed by atoms with Gasteiger partial charge in [-0.2, -0.15) is 5.26 Å². The molecule has 0 saturated heterocycles. The summed E-state index contributed by atoms with van der Waals surface area (Å²) >= 11 is 5.97. The first kappa shape index (κ1) is 15.0. The average Bonchev–Trinajstić information content (AvgIpc) is 2.52. The number of nitrogens with zero attached hydrogens (tertiary/aromatic N) is 1.